The molecule has 21 heavy (non-hydrogen) atoms. The fourth-order valence-electron chi connectivity index (χ4n) is 2.31. The van der Waals surface area contributed by atoms with Crippen LogP contribution in [0.1, 0.15) is 16.1 Å². The number of aryl methyl sites for hydroxylation is 1. The van der Waals surface area contributed by atoms with Crippen molar-refractivity contribution in [1.29, 1.82) is 0 Å². The van der Waals surface area contributed by atoms with Gasteiger partial charge in [-0.3, -0.25) is 4.79 Å². The van der Waals surface area contributed by atoms with Crippen molar-refractivity contribution >= 4 is 44.1 Å². The minimum Gasteiger partial charge on any atom is -0.351 e. The molecule has 3 aromatic rings. The fraction of sp³-hybridized carbons (Fsp3) is 0.188. The molecule has 0 radical (unpaired) electrons. The Balaban J connectivity index is 1.51. The molecule has 2 heterocycles. The topological polar surface area (TPSA) is 34.0 Å². The summed E-state index contributed by atoms with van der Waals surface area (Å²) in [4.78, 5) is 12.6. The maximum absolute atomic E-state index is 11.9. The van der Waals surface area contributed by atoms with Crippen molar-refractivity contribution < 1.29 is 4.79 Å². The van der Waals surface area contributed by atoms with Gasteiger partial charge in [0.05, 0.1) is 8.66 Å². The second kappa shape index (κ2) is 6.45. The molecule has 108 valence electrons. The van der Waals surface area contributed by atoms with Crippen molar-refractivity contribution in [3.63, 3.8) is 0 Å². The average Bonchev–Trinajstić information content (AvgIpc) is 3.10. The Morgan fingerprint density at radius 3 is 2.86 bits per heavy atom. The lowest BCUT2D eigenvalue weighted by molar-refractivity contribution is 0.0957. The summed E-state index contributed by atoms with van der Waals surface area (Å²) in [5.41, 5.74) is 1.24. The first kappa shape index (κ1) is 14.4. The molecule has 1 aromatic carbocycles. The van der Waals surface area contributed by atoms with Crippen LogP contribution in [0.3, 0.4) is 0 Å². The molecule has 1 N–H and O–H groups in total. The second-order valence-corrected chi connectivity index (χ2v) is 7.24. The van der Waals surface area contributed by atoms with Gasteiger partial charge in [0, 0.05) is 24.8 Å². The van der Waals surface area contributed by atoms with E-state index in [0.29, 0.717) is 6.54 Å². The molecule has 3 nitrogen and oxygen atoms in total. The molecule has 0 saturated carbocycles. The molecule has 0 saturated heterocycles. The molecule has 0 aliphatic heterocycles. The SMILES string of the molecule is O=C(NCCCn1ccc2ccccc21)c1ccc(Br)s1. The van der Waals surface area contributed by atoms with Gasteiger partial charge in [-0.2, -0.15) is 0 Å². The van der Waals surface area contributed by atoms with Crippen molar-refractivity contribution in [3.8, 4) is 0 Å². The second-order valence-electron chi connectivity index (χ2n) is 4.78. The van der Waals surface area contributed by atoms with Gasteiger partial charge in [-0.25, -0.2) is 0 Å². The maximum atomic E-state index is 11.9. The molecule has 3 rings (SSSR count). The first-order valence-electron chi connectivity index (χ1n) is 6.81. The lowest BCUT2D eigenvalue weighted by Crippen LogP contribution is -2.24. The highest BCUT2D eigenvalue weighted by Crippen LogP contribution is 2.21. The lowest BCUT2D eigenvalue weighted by Gasteiger charge is -2.06. The van der Waals surface area contributed by atoms with E-state index in [9.17, 15) is 4.79 Å². The van der Waals surface area contributed by atoms with Crippen LogP contribution in [0.15, 0.2) is 52.4 Å². The Bertz CT molecular complexity index is 762. The molecule has 5 heteroatoms. The summed E-state index contributed by atoms with van der Waals surface area (Å²) < 4.78 is 3.20. The molecule has 0 fully saturated rings. The van der Waals surface area contributed by atoms with Gasteiger partial charge in [-0.1, -0.05) is 18.2 Å². The van der Waals surface area contributed by atoms with E-state index < -0.39 is 0 Å². The maximum Gasteiger partial charge on any atom is 0.261 e. The number of carbonyl (C=O) groups excluding carboxylic acids is 1. The van der Waals surface area contributed by atoms with Gasteiger partial charge < -0.3 is 9.88 Å². The van der Waals surface area contributed by atoms with Crippen LogP contribution < -0.4 is 5.32 Å². The van der Waals surface area contributed by atoms with Crippen LogP contribution in [-0.2, 0) is 6.54 Å². The predicted molar refractivity (Wildman–Crippen MR) is 90.9 cm³/mol. The Labute approximate surface area is 135 Å². The zero-order chi connectivity index (χ0) is 14.7. The van der Waals surface area contributed by atoms with Gasteiger partial charge in [0.15, 0.2) is 0 Å². The van der Waals surface area contributed by atoms with Crippen LogP contribution in [0.25, 0.3) is 10.9 Å². The summed E-state index contributed by atoms with van der Waals surface area (Å²) in [7, 11) is 0. The van der Waals surface area contributed by atoms with Crippen molar-refractivity contribution in [1.82, 2.24) is 9.88 Å². The number of benzene rings is 1. The summed E-state index contributed by atoms with van der Waals surface area (Å²) in [6.45, 7) is 1.59. The minimum atomic E-state index is 0.00284. The van der Waals surface area contributed by atoms with E-state index in [2.05, 4.69) is 56.3 Å². The third-order valence-electron chi connectivity index (χ3n) is 3.34. The van der Waals surface area contributed by atoms with Crippen LogP contribution in [0.2, 0.25) is 0 Å². The number of thiophene rings is 1. The Morgan fingerprint density at radius 2 is 2.05 bits per heavy atom. The van der Waals surface area contributed by atoms with E-state index in [1.54, 1.807) is 0 Å². The third-order valence-corrected chi connectivity index (χ3v) is 4.96. The number of amides is 1. The molecule has 0 aliphatic carbocycles. The highest BCUT2D eigenvalue weighted by molar-refractivity contribution is 9.11. The monoisotopic (exact) mass is 362 g/mol. The predicted octanol–water partition coefficient (Wildman–Crippen LogP) is 4.29. The van der Waals surface area contributed by atoms with Gasteiger partial charge >= 0.3 is 0 Å². The van der Waals surface area contributed by atoms with E-state index in [4.69, 9.17) is 0 Å². The van der Waals surface area contributed by atoms with Crippen LogP contribution in [-0.4, -0.2) is 17.0 Å². The van der Waals surface area contributed by atoms with E-state index >= 15 is 0 Å². The normalized spacial score (nSPS) is 10.9. The van der Waals surface area contributed by atoms with Gasteiger partial charge in [0.25, 0.3) is 5.91 Å². The van der Waals surface area contributed by atoms with E-state index in [1.165, 1.54) is 22.2 Å². The Morgan fingerprint density at radius 1 is 1.19 bits per heavy atom. The van der Waals surface area contributed by atoms with Crippen LogP contribution in [0.5, 0.6) is 0 Å². The van der Waals surface area contributed by atoms with E-state index in [0.717, 1.165) is 21.6 Å². The third kappa shape index (κ3) is 3.36. The van der Waals surface area contributed by atoms with Crippen LogP contribution in [0, 0.1) is 0 Å². The Kier molecular flexibility index (Phi) is 4.41. The fourth-order valence-corrected chi connectivity index (χ4v) is 3.61. The first-order valence-corrected chi connectivity index (χ1v) is 8.42. The first-order chi connectivity index (χ1) is 10.2. The van der Waals surface area contributed by atoms with E-state index in [-0.39, 0.29) is 5.91 Å². The van der Waals surface area contributed by atoms with Crippen LogP contribution in [0.4, 0.5) is 0 Å². The quantitative estimate of drug-likeness (QED) is 0.675. The number of rotatable bonds is 5. The molecule has 0 atom stereocenters. The van der Waals surface area contributed by atoms with Crippen molar-refractivity contribution in [2.24, 2.45) is 0 Å². The highest BCUT2D eigenvalue weighted by Gasteiger charge is 2.07. The molecule has 1 amide bonds. The van der Waals surface area contributed by atoms with Gasteiger partial charge in [-0.15, -0.1) is 11.3 Å². The lowest BCUT2D eigenvalue weighted by atomic mass is 10.2. The van der Waals surface area contributed by atoms with E-state index in [1.807, 2.05) is 18.2 Å². The molecule has 2 aromatic heterocycles. The smallest absolute Gasteiger partial charge is 0.261 e. The highest BCUT2D eigenvalue weighted by atomic mass is 79.9. The number of carbonyl (C=O) groups is 1. The van der Waals surface area contributed by atoms with Gasteiger partial charge in [0.1, 0.15) is 0 Å². The number of hydrogen-bond acceptors (Lipinski definition) is 2. The number of nitrogens with zero attached hydrogens (tertiary/aromatic N) is 1. The summed E-state index contributed by atoms with van der Waals surface area (Å²) in [6.07, 6.45) is 3.01. The minimum absolute atomic E-state index is 0.00284. The largest absolute Gasteiger partial charge is 0.351 e. The zero-order valence-corrected chi connectivity index (χ0v) is 13.8. The number of para-hydroxylation sites is 1. The molecular formula is C16H15BrN2OS. The average molecular weight is 363 g/mol. The van der Waals surface area contributed by atoms with Crippen molar-refractivity contribution in [2.45, 2.75) is 13.0 Å². The summed E-state index contributed by atoms with van der Waals surface area (Å²) >= 11 is 4.82. The summed E-state index contributed by atoms with van der Waals surface area (Å²) in [6, 6.07) is 14.2. The molecule has 0 spiro atoms. The van der Waals surface area contributed by atoms with Gasteiger partial charge in [-0.05, 0) is 52.0 Å². The zero-order valence-electron chi connectivity index (χ0n) is 11.4. The number of hydrogen-bond donors (Lipinski definition) is 1. The molecule has 0 bridgehead atoms. The standard InChI is InChI=1S/C16H15BrN2OS/c17-15-7-6-14(21-15)16(20)18-9-3-10-19-11-8-12-4-1-2-5-13(12)19/h1-2,4-8,11H,3,9-10H2,(H,18,20). The number of fused-ring (bicyclic) bond motifs is 1. The summed E-state index contributed by atoms with van der Waals surface area (Å²) in [5, 5.41) is 4.21. The number of nitrogens with one attached hydrogen (secondary N) is 1. The number of aromatic nitrogens is 1. The Hall–Kier alpha value is -1.59. The molecule has 0 unspecified atom stereocenters. The molecular weight excluding hydrogens is 348 g/mol. The van der Waals surface area contributed by atoms with Crippen LogP contribution >= 0.6 is 27.3 Å². The molecule has 0 aliphatic rings. The van der Waals surface area contributed by atoms with Gasteiger partial charge in [0.2, 0.25) is 0 Å². The van der Waals surface area contributed by atoms with Crippen molar-refractivity contribution in [2.75, 3.05) is 6.54 Å². The summed E-state index contributed by atoms with van der Waals surface area (Å²) in [5.74, 6) is 0.00284. The number of halogens is 1. The van der Waals surface area contributed by atoms with Crippen molar-refractivity contribution in [3.05, 3.63) is 57.3 Å².